The van der Waals surface area contributed by atoms with Crippen LogP contribution in [-0.4, -0.2) is 5.11 Å². The average Bonchev–Trinajstić information content (AvgIpc) is 2.23. The quantitative estimate of drug-likeness (QED) is 0.706. The minimum atomic E-state index is -1.13. The zero-order valence-electron chi connectivity index (χ0n) is 8.21. The number of benzene rings is 1. The number of halogens is 2. The van der Waals surface area contributed by atoms with Crippen LogP contribution < -0.4 is 0 Å². The van der Waals surface area contributed by atoms with E-state index in [1.807, 2.05) is 6.08 Å². The van der Waals surface area contributed by atoms with E-state index in [9.17, 15) is 13.9 Å². The largest absolute Gasteiger partial charge is 0.381 e. The van der Waals surface area contributed by atoms with Crippen LogP contribution in [0.5, 0.6) is 0 Å². The molecule has 0 amide bonds. The summed E-state index contributed by atoms with van der Waals surface area (Å²) < 4.78 is 25.7. The Labute approximate surface area is 87.1 Å². The van der Waals surface area contributed by atoms with Crippen molar-refractivity contribution in [1.29, 1.82) is 0 Å². The molecule has 0 fully saturated rings. The first-order valence-electron chi connectivity index (χ1n) is 4.97. The molecule has 1 aromatic carbocycles. The molecule has 3 heteroatoms. The van der Waals surface area contributed by atoms with Crippen molar-refractivity contribution in [2.24, 2.45) is 0 Å². The van der Waals surface area contributed by atoms with Crippen LogP contribution in [0.4, 0.5) is 8.78 Å². The van der Waals surface area contributed by atoms with Gasteiger partial charge in [-0.2, -0.15) is 0 Å². The van der Waals surface area contributed by atoms with Crippen LogP contribution in [0.3, 0.4) is 0 Å². The minimum absolute atomic E-state index is 0.414. The third-order valence-corrected chi connectivity index (χ3v) is 2.74. The van der Waals surface area contributed by atoms with E-state index in [1.165, 1.54) is 6.07 Å². The average molecular weight is 210 g/mol. The summed E-state index contributed by atoms with van der Waals surface area (Å²) in [6, 6.07) is 3.53. The highest BCUT2D eigenvalue weighted by molar-refractivity contribution is 5.29. The van der Waals surface area contributed by atoms with Gasteiger partial charge < -0.3 is 5.11 Å². The maximum Gasteiger partial charge on any atom is 0.159 e. The van der Waals surface area contributed by atoms with Gasteiger partial charge in [0.2, 0.25) is 0 Å². The molecule has 80 valence electrons. The Hall–Kier alpha value is -1.22. The standard InChI is InChI=1S/C12H12F2O/c13-10-5-4-9(8-11(10)14)12(15)6-2-1-3-7-12/h2,4-6,8,15H,1,3,7H2. The molecule has 0 spiro atoms. The summed E-state index contributed by atoms with van der Waals surface area (Å²) in [5.41, 5.74) is -0.718. The van der Waals surface area contributed by atoms with E-state index < -0.39 is 17.2 Å². The van der Waals surface area contributed by atoms with Gasteiger partial charge in [0.05, 0.1) is 0 Å². The van der Waals surface area contributed by atoms with E-state index >= 15 is 0 Å². The maximum absolute atomic E-state index is 13.0. The Balaban J connectivity index is 2.40. The molecule has 1 unspecified atom stereocenters. The number of allylic oxidation sites excluding steroid dienone is 1. The Morgan fingerprint density at radius 1 is 1.20 bits per heavy atom. The second-order valence-electron chi connectivity index (χ2n) is 3.85. The van der Waals surface area contributed by atoms with E-state index in [0.717, 1.165) is 25.0 Å². The molecule has 1 aromatic rings. The fourth-order valence-corrected chi connectivity index (χ4v) is 1.86. The molecule has 0 aliphatic heterocycles. The molecule has 1 aliphatic rings. The maximum atomic E-state index is 13.0. The molecule has 1 nitrogen and oxygen atoms in total. The smallest absolute Gasteiger partial charge is 0.159 e. The fraction of sp³-hybridized carbons (Fsp3) is 0.333. The summed E-state index contributed by atoms with van der Waals surface area (Å²) in [5.74, 6) is -1.80. The van der Waals surface area contributed by atoms with Crippen LogP contribution >= 0.6 is 0 Å². The third-order valence-electron chi connectivity index (χ3n) is 2.74. The molecule has 0 saturated carbocycles. The van der Waals surface area contributed by atoms with Crippen molar-refractivity contribution in [2.45, 2.75) is 24.9 Å². The molecule has 0 aromatic heterocycles. The van der Waals surface area contributed by atoms with E-state index in [-0.39, 0.29) is 0 Å². The number of rotatable bonds is 1. The third kappa shape index (κ3) is 1.92. The lowest BCUT2D eigenvalue weighted by atomic mass is 9.85. The monoisotopic (exact) mass is 210 g/mol. The summed E-state index contributed by atoms with van der Waals surface area (Å²) in [7, 11) is 0. The molecule has 1 atom stereocenters. The van der Waals surface area contributed by atoms with E-state index in [1.54, 1.807) is 6.08 Å². The SMILES string of the molecule is OC1(c2ccc(F)c(F)c2)C=CCCC1. The van der Waals surface area contributed by atoms with Crippen LogP contribution in [-0.2, 0) is 5.60 Å². The van der Waals surface area contributed by atoms with Gasteiger partial charge in [0.15, 0.2) is 11.6 Å². The van der Waals surface area contributed by atoms with Crippen molar-refractivity contribution in [3.63, 3.8) is 0 Å². The summed E-state index contributed by atoms with van der Waals surface area (Å²) in [6.45, 7) is 0. The molecule has 0 bridgehead atoms. The minimum Gasteiger partial charge on any atom is -0.381 e. The zero-order valence-corrected chi connectivity index (χ0v) is 8.21. The fourth-order valence-electron chi connectivity index (χ4n) is 1.86. The normalized spacial score (nSPS) is 25.5. The van der Waals surface area contributed by atoms with Crippen LogP contribution in [0.15, 0.2) is 30.4 Å². The lowest BCUT2D eigenvalue weighted by Crippen LogP contribution is -2.25. The molecular formula is C12H12F2O. The van der Waals surface area contributed by atoms with E-state index in [0.29, 0.717) is 12.0 Å². The Bertz CT molecular complexity index is 401. The van der Waals surface area contributed by atoms with Gasteiger partial charge in [0, 0.05) is 0 Å². The summed E-state index contributed by atoms with van der Waals surface area (Å²) in [6.07, 6.45) is 5.85. The highest BCUT2D eigenvalue weighted by Gasteiger charge is 2.28. The van der Waals surface area contributed by atoms with Crippen molar-refractivity contribution < 1.29 is 13.9 Å². The first-order chi connectivity index (χ1) is 7.12. The number of aliphatic hydroxyl groups is 1. The summed E-state index contributed by atoms with van der Waals surface area (Å²) in [5, 5.41) is 10.2. The van der Waals surface area contributed by atoms with Gasteiger partial charge in [-0.15, -0.1) is 0 Å². The first-order valence-corrected chi connectivity index (χ1v) is 4.97. The predicted octanol–water partition coefficient (Wildman–Crippen LogP) is 2.89. The van der Waals surface area contributed by atoms with Crippen molar-refractivity contribution in [1.82, 2.24) is 0 Å². The van der Waals surface area contributed by atoms with Crippen molar-refractivity contribution in [2.75, 3.05) is 0 Å². The lowest BCUT2D eigenvalue weighted by Gasteiger charge is -2.27. The molecule has 15 heavy (non-hydrogen) atoms. The first kappa shape index (κ1) is 10.3. The summed E-state index contributed by atoms with van der Waals surface area (Å²) in [4.78, 5) is 0. The molecule has 0 saturated heterocycles. The van der Waals surface area contributed by atoms with Gasteiger partial charge in [-0.25, -0.2) is 8.78 Å². The van der Waals surface area contributed by atoms with Gasteiger partial charge >= 0.3 is 0 Å². The highest BCUT2D eigenvalue weighted by atomic mass is 19.2. The van der Waals surface area contributed by atoms with Crippen LogP contribution in [0.25, 0.3) is 0 Å². The topological polar surface area (TPSA) is 20.2 Å². The van der Waals surface area contributed by atoms with Crippen molar-refractivity contribution >= 4 is 0 Å². The van der Waals surface area contributed by atoms with Gasteiger partial charge in [-0.05, 0) is 37.0 Å². The Morgan fingerprint density at radius 3 is 2.60 bits per heavy atom. The predicted molar refractivity (Wildman–Crippen MR) is 53.2 cm³/mol. The number of hydrogen-bond donors (Lipinski definition) is 1. The molecule has 2 rings (SSSR count). The molecular weight excluding hydrogens is 198 g/mol. The molecule has 1 aliphatic carbocycles. The molecule has 1 N–H and O–H groups in total. The van der Waals surface area contributed by atoms with E-state index in [4.69, 9.17) is 0 Å². The van der Waals surface area contributed by atoms with Gasteiger partial charge in [-0.1, -0.05) is 18.2 Å². The molecule has 0 radical (unpaired) electrons. The number of hydrogen-bond acceptors (Lipinski definition) is 1. The highest BCUT2D eigenvalue weighted by Crippen LogP contribution is 2.32. The van der Waals surface area contributed by atoms with Crippen LogP contribution in [0.2, 0.25) is 0 Å². The van der Waals surface area contributed by atoms with Crippen LogP contribution in [0.1, 0.15) is 24.8 Å². The Kier molecular flexibility index (Phi) is 2.57. The van der Waals surface area contributed by atoms with Crippen molar-refractivity contribution in [3.8, 4) is 0 Å². The van der Waals surface area contributed by atoms with Crippen molar-refractivity contribution in [3.05, 3.63) is 47.5 Å². The van der Waals surface area contributed by atoms with E-state index in [2.05, 4.69) is 0 Å². The second kappa shape index (κ2) is 3.74. The van der Waals surface area contributed by atoms with Crippen LogP contribution in [0, 0.1) is 11.6 Å². The Morgan fingerprint density at radius 2 is 2.00 bits per heavy atom. The van der Waals surface area contributed by atoms with Gasteiger partial charge in [-0.3, -0.25) is 0 Å². The lowest BCUT2D eigenvalue weighted by molar-refractivity contribution is 0.0721. The van der Waals surface area contributed by atoms with Gasteiger partial charge in [0.25, 0.3) is 0 Å². The zero-order chi connectivity index (χ0) is 10.9. The second-order valence-corrected chi connectivity index (χ2v) is 3.85. The van der Waals surface area contributed by atoms with Gasteiger partial charge in [0.1, 0.15) is 5.60 Å². The molecule has 0 heterocycles. The summed E-state index contributed by atoms with van der Waals surface area (Å²) >= 11 is 0.